The van der Waals surface area contributed by atoms with E-state index in [-0.39, 0.29) is 11.1 Å². The standard InChI is InChI=1S/C14H14F2N2O3/c1-7-11(13(19)21-3)12(17-14(20)18(7)2)9-6-8(15)4-5-10(9)16/h4-6,12H,1-3H3,(H,17,20)/t12-/m0/s1. The number of rotatable bonds is 2. The topological polar surface area (TPSA) is 58.6 Å². The van der Waals surface area contributed by atoms with E-state index in [1.807, 2.05) is 0 Å². The zero-order valence-corrected chi connectivity index (χ0v) is 11.7. The number of benzene rings is 1. The van der Waals surface area contributed by atoms with Crippen molar-refractivity contribution >= 4 is 12.0 Å². The second-order valence-electron chi connectivity index (χ2n) is 4.60. The summed E-state index contributed by atoms with van der Waals surface area (Å²) in [6, 6.07) is 1.23. The minimum atomic E-state index is -1.10. The molecule has 1 aromatic rings. The number of carbonyl (C=O) groups excluding carboxylic acids is 2. The monoisotopic (exact) mass is 296 g/mol. The molecule has 0 fully saturated rings. The van der Waals surface area contributed by atoms with Crippen LogP contribution in [0.2, 0.25) is 0 Å². The molecular formula is C14H14F2N2O3. The normalized spacial score (nSPS) is 18.6. The average Bonchev–Trinajstić information content (AvgIpc) is 2.46. The molecule has 0 unspecified atom stereocenters. The molecule has 0 aliphatic carbocycles. The average molecular weight is 296 g/mol. The number of urea groups is 1. The smallest absolute Gasteiger partial charge is 0.337 e. The zero-order chi connectivity index (χ0) is 15.7. The Kier molecular flexibility index (Phi) is 3.93. The minimum Gasteiger partial charge on any atom is -0.466 e. The number of allylic oxidation sites excluding steroid dienone is 1. The Hall–Kier alpha value is -2.44. The summed E-state index contributed by atoms with van der Waals surface area (Å²) in [7, 11) is 2.64. The summed E-state index contributed by atoms with van der Waals surface area (Å²) in [5.41, 5.74) is 0.250. The van der Waals surface area contributed by atoms with Gasteiger partial charge < -0.3 is 15.0 Å². The van der Waals surface area contributed by atoms with Gasteiger partial charge in [0.2, 0.25) is 0 Å². The first kappa shape index (κ1) is 15.0. The summed E-state index contributed by atoms with van der Waals surface area (Å²) in [6.45, 7) is 1.54. The van der Waals surface area contributed by atoms with Crippen LogP contribution in [0.5, 0.6) is 0 Å². The van der Waals surface area contributed by atoms with Crippen LogP contribution in [0.4, 0.5) is 13.6 Å². The molecule has 1 N–H and O–H groups in total. The van der Waals surface area contributed by atoms with Crippen LogP contribution in [-0.4, -0.2) is 31.1 Å². The molecule has 0 aromatic heterocycles. The maximum atomic E-state index is 13.9. The maximum Gasteiger partial charge on any atom is 0.337 e. The molecule has 7 heteroatoms. The van der Waals surface area contributed by atoms with Gasteiger partial charge in [-0.25, -0.2) is 18.4 Å². The molecule has 0 spiro atoms. The lowest BCUT2D eigenvalue weighted by Gasteiger charge is -2.33. The van der Waals surface area contributed by atoms with Crippen molar-refractivity contribution in [1.29, 1.82) is 0 Å². The van der Waals surface area contributed by atoms with Crippen LogP contribution in [-0.2, 0) is 9.53 Å². The fourth-order valence-electron chi connectivity index (χ4n) is 2.18. The fraction of sp³-hybridized carbons (Fsp3) is 0.286. The van der Waals surface area contributed by atoms with Gasteiger partial charge in [-0.3, -0.25) is 0 Å². The van der Waals surface area contributed by atoms with E-state index in [9.17, 15) is 18.4 Å². The molecule has 21 heavy (non-hydrogen) atoms. The van der Waals surface area contributed by atoms with Gasteiger partial charge in [0, 0.05) is 18.3 Å². The number of hydrogen-bond donors (Lipinski definition) is 1. The van der Waals surface area contributed by atoms with Crippen LogP contribution in [0.3, 0.4) is 0 Å². The molecule has 1 atom stereocenters. The Morgan fingerprint density at radius 1 is 1.38 bits per heavy atom. The first-order valence-corrected chi connectivity index (χ1v) is 6.15. The van der Waals surface area contributed by atoms with E-state index in [1.165, 1.54) is 26.0 Å². The number of nitrogens with zero attached hydrogens (tertiary/aromatic N) is 1. The number of methoxy groups -OCH3 is 1. The van der Waals surface area contributed by atoms with Gasteiger partial charge in [-0.2, -0.15) is 0 Å². The van der Waals surface area contributed by atoms with Gasteiger partial charge in [-0.1, -0.05) is 0 Å². The highest BCUT2D eigenvalue weighted by Gasteiger charge is 2.36. The highest BCUT2D eigenvalue weighted by Crippen LogP contribution is 2.32. The lowest BCUT2D eigenvalue weighted by molar-refractivity contribution is -0.136. The third-order valence-corrected chi connectivity index (χ3v) is 3.43. The summed E-state index contributed by atoms with van der Waals surface area (Å²) < 4.78 is 32.0. The molecule has 1 aromatic carbocycles. The highest BCUT2D eigenvalue weighted by molar-refractivity contribution is 5.94. The summed E-state index contributed by atoms with van der Waals surface area (Å²) in [6.07, 6.45) is 0. The molecule has 1 heterocycles. The molecule has 1 aliphatic rings. The first-order chi connectivity index (χ1) is 9.86. The second kappa shape index (κ2) is 5.51. The Labute approximate surface area is 120 Å². The summed E-state index contributed by atoms with van der Waals surface area (Å²) in [5.74, 6) is -2.10. The van der Waals surface area contributed by atoms with Crippen molar-refractivity contribution < 1.29 is 23.1 Å². The van der Waals surface area contributed by atoms with Crippen LogP contribution in [0.25, 0.3) is 0 Å². The van der Waals surface area contributed by atoms with Crippen LogP contribution in [0, 0.1) is 11.6 Å². The summed E-state index contributed by atoms with van der Waals surface area (Å²) in [5, 5.41) is 2.47. The Bertz CT molecular complexity index is 643. The van der Waals surface area contributed by atoms with E-state index >= 15 is 0 Å². The highest BCUT2D eigenvalue weighted by atomic mass is 19.1. The number of carbonyl (C=O) groups is 2. The molecule has 1 aliphatic heterocycles. The molecule has 2 rings (SSSR count). The van der Waals surface area contributed by atoms with Gasteiger partial charge in [-0.05, 0) is 25.1 Å². The van der Waals surface area contributed by atoms with Crippen LogP contribution < -0.4 is 5.32 Å². The fourth-order valence-corrected chi connectivity index (χ4v) is 2.18. The van der Waals surface area contributed by atoms with Gasteiger partial charge in [0.15, 0.2) is 0 Å². The van der Waals surface area contributed by atoms with Crippen molar-refractivity contribution in [3.05, 3.63) is 46.7 Å². The van der Waals surface area contributed by atoms with Crippen molar-refractivity contribution in [3.8, 4) is 0 Å². The lowest BCUT2D eigenvalue weighted by atomic mass is 9.94. The van der Waals surface area contributed by atoms with Gasteiger partial charge in [0.25, 0.3) is 0 Å². The molecular weight excluding hydrogens is 282 g/mol. The van der Waals surface area contributed by atoms with E-state index in [4.69, 9.17) is 0 Å². The minimum absolute atomic E-state index is 0.0594. The Balaban J connectivity index is 2.62. The Morgan fingerprint density at radius 2 is 2.05 bits per heavy atom. The first-order valence-electron chi connectivity index (χ1n) is 6.15. The number of ether oxygens (including phenoxy) is 1. The number of halogens is 2. The number of hydrogen-bond acceptors (Lipinski definition) is 3. The van der Waals surface area contributed by atoms with E-state index in [1.54, 1.807) is 0 Å². The van der Waals surface area contributed by atoms with Crippen molar-refractivity contribution in [2.45, 2.75) is 13.0 Å². The van der Waals surface area contributed by atoms with Gasteiger partial charge in [0.05, 0.1) is 18.7 Å². The van der Waals surface area contributed by atoms with Crippen molar-refractivity contribution in [2.24, 2.45) is 0 Å². The van der Waals surface area contributed by atoms with Crippen molar-refractivity contribution in [3.63, 3.8) is 0 Å². The van der Waals surface area contributed by atoms with Crippen molar-refractivity contribution in [1.82, 2.24) is 10.2 Å². The quantitative estimate of drug-likeness (QED) is 0.850. The van der Waals surface area contributed by atoms with E-state index in [0.717, 1.165) is 18.2 Å². The predicted molar refractivity (Wildman–Crippen MR) is 70.1 cm³/mol. The molecule has 2 amide bonds. The molecule has 0 radical (unpaired) electrons. The molecule has 112 valence electrons. The van der Waals surface area contributed by atoms with Crippen LogP contribution in [0.1, 0.15) is 18.5 Å². The van der Waals surface area contributed by atoms with Gasteiger partial charge in [0.1, 0.15) is 11.6 Å². The second-order valence-corrected chi connectivity index (χ2v) is 4.60. The van der Waals surface area contributed by atoms with Gasteiger partial charge in [-0.15, -0.1) is 0 Å². The predicted octanol–water partition coefficient (Wildman–Crippen LogP) is 2.11. The molecule has 5 nitrogen and oxygen atoms in total. The van der Waals surface area contributed by atoms with Gasteiger partial charge >= 0.3 is 12.0 Å². The maximum absolute atomic E-state index is 13.9. The van der Waals surface area contributed by atoms with Crippen LogP contribution >= 0.6 is 0 Å². The molecule has 0 saturated heterocycles. The Morgan fingerprint density at radius 3 is 2.67 bits per heavy atom. The SMILES string of the molecule is COC(=O)C1=C(C)N(C)C(=O)N[C@H]1c1cc(F)ccc1F. The van der Waals surface area contributed by atoms with E-state index in [0.29, 0.717) is 5.70 Å². The van der Waals surface area contributed by atoms with E-state index < -0.39 is 29.7 Å². The number of nitrogens with one attached hydrogen (secondary N) is 1. The summed E-state index contributed by atoms with van der Waals surface area (Å²) in [4.78, 5) is 25.0. The van der Waals surface area contributed by atoms with Crippen LogP contribution in [0.15, 0.2) is 29.5 Å². The van der Waals surface area contributed by atoms with E-state index in [2.05, 4.69) is 10.1 Å². The zero-order valence-electron chi connectivity index (χ0n) is 11.7. The third-order valence-electron chi connectivity index (χ3n) is 3.43. The molecule has 0 saturated carbocycles. The lowest BCUT2D eigenvalue weighted by Crippen LogP contribution is -2.46. The third kappa shape index (κ3) is 2.58. The largest absolute Gasteiger partial charge is 0.466 e. The summed E-state index contributed by atoms with van der Waals surface area (Å²) >= 11 is 0. The molecule has 0 bridgehead atoms. The van der Waals surface area contributed by atoms with Crippen molar-refractivity contribution in [2.75, 3.05) is 14.2 Å². The number of esters is 1. The number of amides is 2.